The Morgan fingerprint density at radius 3 is 1.95 bits per heavy atom. The van der Waals surface area contributed by atoms with Gasteiger partial charge in [0.1, 0.15) is 5.69 Å². The van der Waals surface area contributed by atoms with Crippen molar-refractivity contribution in [3.05, 3.63) is 29.1 Å². The number of anilines is 1. The van der Waals surface area contributed by atoms with Crippen LogP contribution in [0.5, 0.6) is 0 Å². The largest absolute Gasteiger partial charge is 0.481 e. The third-order valence-corrected chi connectivity index (χ3v) is 3.00. The molecule has 3 nitrogen and oxygen atoms in total. The molecule has 1 unspecified atom stereocenters. The minimum Gasteiger partial charge on any atom is -0.481 e. The van der Waals surface area contributed by atoms with Gasteiger partial charge in [-0.25, -0.2) is 22.0 Å². The van der Waals surface area contributed by atoms with Crippen molar-refractivity contribution in [3.8, 4) is 0 Å². The van der Waals surface area contributed by atoms with E-state index >= 15 is 0 Å². The minimum atomic E-state index is -2.20. The molecule has 0 aliphatic heterocycles. The Bertz CT molecular complexity index is 507. The van der Waals surface area contributed by atoms with Crippen LogP contribution in [0.2, 0.25) is 0 Å². The van der Waals surface area contributed by atoms with Gasteiger partial charge in [0.15, 0.2) is 23.3 Å². The number of benzene rings is 1. The molecular formula is C13H14F5NO2. The number of aliphatic carboxylic acids is 1. The lowest BCUT2D eigenvalue weighted by atomic mass is 10.0. The second kappa shape index (κ2) is 7.24. The Hall–Kier alpha value is -1.86. The zero-order valence-electron chi connectivity index (χ0n) is 11.2. The molecule has 8 heteroatoms. The number of rotatable bonds is 7. The predicted octanol–water partition coefficient (Wildman–Crippen LogP) is 3.69. The maximum atomic E-state index is 13.3. The van der Waals surface area contributed by atoms with E-state index in [2.05, 4.69) is 5.32 Å². The van der Waals surface area contributed by atoms with Gasteiger partial charge in [0.25, 0.3) is 0 Å². The van der Waals surface area contributed by atoms with E-state index in [1.54, 1.807) is 6.92 Å². The second-order valence-electron chi connectivity index (χ2n) is 4.70. The fourth-order valence-electron chi connectivity index (χ4n) is 1.72. The van der Waals surface area contributed by atoms with Crippen LogP contribution in [0, 0.1) is 35.0 Å². The number of halogens is 5. The van der Waals surface area contributed by atoms with Crippen LogP contribution in [0.15, 0.2) is 0 Å². The molecule has 0 aromatic heterocycles. The van der Waals surface area contributed by atoms with Gasteiger partial charge in [-0.1, -0.05) is 6.92 Å². The molecule has 1 aromatic rings. The van der Waals surface area contributed by atoms with Crippen LogP contribution in [-0.4, -0.2) is 17.6 Å². The summed E-state index contributed by atoms with van der Waals surface area (Å²) < 4.78 is 65.3. The summed E-state index contributed by atoms with van der Waals surface area (Å²) in [7, 11) is 0. The molecule has 0 aliphatic rings. The first-order valence-electron chi connectivity index (χ1n) is 6.22. The number of nitrogens with one attached hydrogen (secondary N) is 1. The molecule has 0 aliphatic carbocycles. The molecule has 1 rings (SSSR count). The van der Waals surface area contributed by atoms with Crippen molar-refractivity contribution < 1.29 is 31.9 Å². The van der Waals surface area contributed by atoms with E-state index < -0.39 is 40.7 Å². The van der Waals surface area contributed by atoms with Crippen LogP contribution >= 0.6 is 0 Å². The van der Waals surface area contributed by atoms with Crippen LogP contribution in [0.1, 0.15) is 26.2 Å². The molecule has 0 fully saturated rings. The van der Waals surface area contributed by atoms with Gasteiger partial charge in [0, 0.05) is 13.0 Å². The number of hydrogen-bond donors (Lipinski definition) is 2. The fraction of sp³-hybridized carbons (Fsp3) is 0.462. The molecule has 0 bridgehead atoms. The van der Waals surface area contributed by atoms with E-state index in [-0.39, 0.29) is 18.9 Å². The Morgan fingerprint density at radius 2 is 1.48 bits per heavy atom. The first-order valence-corrected chi connectivity index (χ1v) is 6.22. The van der Waals surface area contributed by atoms with Crippen molar-refractivity contribution >= 4 is 11.7 Å². The molecule has 21 heavy (non-hydrogen) atoms. The molecule has 1 atom stereocenters. The molecule has 2 N–H and O–H groups in total. The first kappa shape index (κ1) is 17.2. The van der Waals surface area contributed by atoms with Gasteiger partial charge < -0.3 is 10.4 Å². The van der Waals surface area contributed by atoms with Crippen molar-refractivity contribution in [2.24, 2.45) is 5.92 Å². The van der Waals surface area contributed by atoms with E-state index in [0.717, 1.165) is 0 Å². The number of carbonyl (C=O) groups is 1. The summed E-state index contributed by atoms with van der Waals surface area (Å²) in [6.45, 7) is 1.68. The van der Waals surface area contributed by atoms with E-state index in [1.807, 2.05) is 0 Å². The SMILES string of the molecule is CC(CCNc1c(F)c(F)c(F)c(F)c1F)CCC(=O)O. The van der Waals surface area contributed by atoms with Crippen LogP contribution in [-0.2, 0) is 4.79 Å². The van der Waals surface area contributed by atoms with Crippen molar-refractivity contribution in [2.45, 2.75) is 26.2 Å². The Morgan fingerprint density at radius 1 is 1.00 bits per heavy atom. The lowest BCUT2D eigenvalue weighted by molar-refractivity contribution is -0.137. The summed E-state index contributed by atoms with van der Waals surface area (Å²) in [4.78, 5) is 10.4. The highest BCUT2D eigenvalue weighted by atomic mass is 19.2. The maximum absolute atomic E-state index is 13.3. The molecule has 118 valence electrons. The van der Waals surface area contributed by atoms with Crippen LogP contribution in [0.25, 0.3) is 0 Å². The molecule has 1 aromatic carbocycles. The summed E-state index contributed by atoms with van der Waals surface area (Å²) in [5.41, 5.74) is -1.07. The number of carboxylic acid groups (broad SMARTS) is 1. The minimum absolute atomic E-state index is 0.0425. The molecule has 0 saturated heterocycles. The van der Waals surface area contributed by atoms with Crippen molar-refractivity contribution in [2.75, 3.05) is 11.9 Å². The van der Waals surface area contributed by atoms with Crippen molar-refractivity contribution in [1.82, 2.24) is 0 Å². The third-order valence-electron chi connectivity index (χ3n) is 3.00. The van der Waals surface area contributed by atoms with Crippen molar-refractivity contribution in [3.63, 3.8) is 0 Å². The van der Waals surface area contributed by atoms with Gasteiger partial charge in [-0.05, 0) is 18.8 Å². The topological polar surface area (TPSA) is 49.3 Å². The van der Waals surface area contributed by atoms with Crippen LogP contribution in [0.3, 0.4) is 0 Å². The van der Waals surface area contributed by atoms with Crippen LogP contribution < -0.4 is 5.32 Å². The lowest BCUT2D eigenvalue weighted by Gasteiger charge is -2.13. The summed E-state index contributed by atoms with van der Waals surface area (Å²) in [6, 6.07) is 0. The van der Waals surface area contributed by atoms with E-state index in [9.17, 15) is 26.7 Å². The average molecular weight is 311 g/mol. The Labute approximate surface area is 117 Å². The number of hydrogen-bond acceptors (Lipinski definition) is 2. The normalized spacial score (nSPS) is 12.3. The maximum Gasteiger partial charge on any atom is 0.303 e. The summed E-state index contributed by atoms with van der Waals surface area (Å²) in [5.74, 6) is -11.1. The highest BCUT2D eigenvalue weighted by Gasteiger charge is 2.25. The quantitative estimate of drug-likeness (QED) is 0.459. The van der Waals surface area contributed by atoms with E-state index in [0.29, 0.717) is 12.8 Å². The lowest BCUT2D eigenvalue weighted by Crippen LogP contribution is -2.13. The van der Waals surface area contributed by atoms with E-state index in [4.69, 9.17) is 5.11 Å². The van der Waals surface area contributed by atoms with Gasteiger partial charge in [-0.3, -0.25) is 4.79 Å². The van der Waals surface area contributed by atoms with E-state index in [1.165, 1.54) is 0 Å². The monoisotopic (exact) mass is 311 g/mol. The van der Waals surface area contributed by atoms with Crippen molar-refractivity contribution in [1.29, 1.82) is 0 Å². The molecular weight excluding hydrogens is 297 g/mol. The fourth-order valence-corrected chi connectivity index (χ4v) is 1.72. The third kappa shape index (κ3) is 4.30. The zero-order valence-corrected chi connectivity index (χ0v) is 11.2. The second-order valence-corrected chi connectivity index (χ2v) is 4.70. The predicted molar refractivity (Wildman–Crippen MR) is 65.4 cm³/mol. The highest BCUT2D eigenvalue weighted by Crippen LogP contribution is 2.27. The Kier molecular flexibility index (Phi) is 5.92. The van der Waals surface area contributed by atoms with Gasteiger partial charge in [-0.2, -0.15) is 0 Å². The molecule has 0 saturated carbocycles. The number of carboxylic acids is 1. The summed E-state index contributed by atoms with van der Waals surface area (Å²) in [6.07, 6.45) is 0.630. The highest BCUT2D eigenvalue weighted by molar-refractivity contribution is 5.66. The molecule has 0 radical (unpaired) electrons. The Balaban J connectivity index is 2.66. The molecule has 0 spiro atoms. The van der Waals surface area contributed by atoms with Crippen LogP contribution in [0.4, 0.5) is 27.6 Å². The average Bonchev–Trinajstić information content (AvgIpc) is 2.44. The first-order chi connectivity index (χ1) is 9.75. The zero-order chi connectivity index (χ0) is 16.2. The smallest absolute Gasteiger partial charge is 0.303 e. The van der Waals surface area contributed by atoms with Gasteiger partial charge in [0.2, 0.25) is 5.82 Å². The van der Waals surface area contributed by atoms with Gasteiger partial charge in [-0.15, -0.1) is 0 Å². The standard InChI is InChI=1S/C13H14F5NO2/c1-6(2-3-7(20)21)4-5-19-13-11(17)9(15)8(14)10(16)12(13)18/h6,19H,2-5H2,1H3,(H,20,21). The van der Waals surface area contributed by atoms with Gasteiger partial charge >= 0.3 is 5.97 Å². The molecule has 0 amide bonds. The summed E-state index contributed by atoms with van der Waals surface area (Å²) in [5, 5.41) is 10.7. The summed E-state index contributed by atoms with van der Waals surface area (Å²) >= 11 is 0. The molecule has 0 heterocycles. The van der Waals surface area contributed by atoms with Gasteiger partial charge in [0.05, 0.1) is 0 Å².